The second-order valence-corrected chi connectivity index (χ2v) is 7.10. The fourth-order valence-electron chi connectivity index (χ4n) is 3.21. The second-order valence-electron chi connectivity index (χ2n) is 6.10. The van der Waals surface area contributed by atoms with Crippen LogP contribution in [0.25, 0.3) is 0 Å². The summed E-state index contributed by atoms with van der Waals surface area (Å²) < 4.78 is 0. The van der Waals surface area contributed by atoms with Crippen molar-refractivity contribution in [1.29, 1.82) is 0 Å². The molecule has 1 aromatic heterocycles. The smallest absolute Gasteiger partial charge is 0.131 e. The first-order valence-corrected chi connectivity index (χ1v) is 8.34. The number of carbonyl (C=O) groups excluding carboxylic acids is 1. The van der Waals surface area contributed by atoms with Crippen LogP contribution in [0.15, 0.2) is 41.8 Å². The predicted molar refractivity (Wildman–Crippen MR) is 87.9 cm³/mol. The van der Waals surface area contributed by atoms with Crippen LogP contribution in [0, 0.1) is 0 Å². The number of thiophene rings is 1. The quantitative estimate of drug-likeness (QED) is 0.800. The van der Waals surface area contributed by atoms with E-state index in [-0.39, 0.29) is 0 Å². The summed E-state index contributed by atoms with van der Waals surface area (Å²) in [6.07, 6.45) is 2.21. The number of hydrogen-bond donors (Lipinski definition) is 0. The van der Waals surface area contributed by atoms with E-state index >= 15 is 0 Å². The molecule has 2 nitrogen and oxygen atoms in total. The van der Waals surface area contributed by atoms with Gasteiger partial charge >= 0.3 is 0 Å². The molecule has 0 bridgehead atoms. The Labute approximate surface area is 130 Å². The van der Waals surface area contributed by atoms with Crippen LogP contribution in [0.1, 0.15) is 35.9 Å². The van der Waals surface area contributed by atoms with E-state index in [2.05, 4.69) is 35.4 Å². The zero-order valence-electron chi connectivity index (χ0n) is 12.6. The number of benzene rings is 1. The van der Waals surface area contributed by atoms with Gasteiger partial charge in [-0.2, -0.15) is 0 Å². The maximum absolute atomic E-state index is 11.8. The zero-order chi connectivity index (χ0) is 14.9. The highest BCUT2D eigenvalue weighted by molar-refractivity contribution is 7.10. The SMILES string of the molecule is CC1c2ccsc2CCN1CC(C)(C=O)c1ccccc1. The number of hydrogen-bond acceptors (Lipinski definition) is 3. The first-order chi connectivity index (χ1) is 10.1. The van der Waals surface area contributed by atoms with Gasteiger partial charge in [-0.1, -0.05) is 30.3 Å². The Hall–Kier alpha value is -1.45. The molecule has 0 spiro atoms. The molecule has 2 heterocycles. The molecule has 21 heavy (non-hydrogen) atoms. The van der Waals surface area contributed by atoms with Crippen molar-refractivity contribution in [3.63, 3.8) is 0 Å². The largest absolute Gasteiger partial charge is 0.302 e. The van der Waals surface area contributed by atoms with Gasteiger partial charge in [0, 0.05) is 24.0 Å². The first kappa shape index (κ1) is 14.5. The second kappa shape index (κ2) is 5.74. The minimum atomic E-state index is -0.441. The van der Waals surface area contributed by atoms with Crippen LogP contribution in [-0.4, -0.2) is 24.3 Å². The molecule has 0 fully saturated rings. The molecule has 110 valence electrons. The van der Waals surface area contributed by atoms with Gasteiger partial charge in [-0.3, -0.25) is 4.90 Å². The average Bonchev–Trinajstić information content (AvgIpc) is 3.00. The van der Waals surface area contributed by atoms with Crippen molar-refractivity contribution in [2.75, 3.05) is 13.1 Å². The average molecular weight is 299 g/mol. The van der Waals surface area contributed by atoms with Crippen LogP contribution in [0.5, 0.6) is 0 Å². The van der Waals surface area contributed by atoms with E-state index in [1.54, 1.807) is 0 Å². The summed E-state index contributed by atoms with van der Waals surface area (Å²) >= 11 is 1.86. The van der Waals surface area contributed by atoms with Crippen molar-refractivity contribution >= 4 is 17.6 Å². The maximum atomic E-state index is 11.8. The van der Waals surface area contributed by atoms with Crippen molar-refractivity contribution in [3.8, 4) is 0 Å². The Bertz CT molecular complexity index is 621. The Morgan fingerprint density at radius 3 is 2.81 bits per heavy atom. The Balaban J connectivity index is 1.84. The van der Waals surface area contributed by atoms with Crippen molar-refractivity contribution in [1.82, 2.24) is 4.90 Å². The molecule has 0 radical (unpaired) electrons. The minimum Gasteiger partial charge on any atom is -0.302 e. The molecular weight excluding hydrogens is 278 g/mol. The zero-order valence-corrected chi connectivity index (χ0v) is 13.4. The molecule has 1 aliphatic rings. The van der Waals surface area contributed by atoms with E-state index in [1.165, 1.54) is 10.4 Å². The monoisotopic (exact) mass is 299 g/mol. The van der Waals surface area contributed by atoms with Crippen molar-refractivity contribution in [2.24, 2.45) is 0 Å². The summed E-state index contributed by atoms with van der Waals surface area (Å²) in [7, 11) is 0. The normalized spacial score (nSPS) is 21.5. The highest BCUT2D eigenvalue weighted by Crippen LogP contribution is 2.35. The lowest BCUT2D eigenvalue weighted by molar-refractivity contribution is -0.113. The van der Waals surface area contributed by atoms with E-state index in [4.69, 9.17) is 0 Å². The Morgan fingerprint density at radius 2 is 2.10 bits per heavy atom. The number of aldehydes is 1. The topological polar surface area (TPSA) is 20.3 Å². The van der Waals surface area contributed by atoms with Crippen LogP contribution < -0.4 is 0 Å². The lowest BCUT2D eigenvalue weighted by atomic mass is 9.82. The van der Waals surface area contributed by atoms with Crippen molar-refractivity contribution < 1.29 is 4.79 Å². The molecule has 0 saturated heterocycles. The number of nitrogens with zero attached hydrogens (tertiary/aromatic N) is 1. The standard InChI is InChI=1S/C18H21NOS/c1-14-16-9-11-21-17(16)8-10-19(14)12-18(2,13-20)15-6-4-3-5-7-15/h3-7,9,11,13-14H,8,10,12H2,1-2H3. The Morgan fingerprint density at radius 1 is 1.33 bits per heavy atom. The number of rotatable bonds is 4. The summed E-state index contributed by atoms with van der Waals surface area (Å²) in [4.78, 5) is 15.7. The van der Waals surface area contributed by atoms with E-state index in [0.717, 1.165) is 31.4 Å². The third kappa shape index (κ3) is 2.68. The van der Waals surface area contributed by atoms with Crippen molar-refractivity contribution in [3.05, 3.63) is 57.8 Å². The minimum absolute atomic E-state index is 0.392. The van der Waals surface area contributed by atoms with Crippen LogP contribution in [-0.2, 0) is 16.6 Å². The van der Waals surface area contributed by atoms with Crippen LogP contribution in [0.2, 0.25) is 0 Å². The predicted octanol–water partition coefficient (Wildman–Crippen LogP) is 3.82. The third-order valence-electron chi connectivity index (χ3n) is 4.63. The fourth-order valence-corrected chi connectivity index (χ4v) is 4.18. The molecule has 0 aliphatic carbocycles. The molecule has 0 amide bonds. The summed E-state index contributed by atoms with van der Waals surface area (Å²) in [6, 6.07) is 12.7. The molecule has 1 aromatic carbocycles. The van der Waals surface area contributed by atoms with E-state index < -0.39 is 5.41 Å². The molecule has 3 rings (SSSR count). The van der Waals surface area contributed by atoms with Crippen LogP contribution in [0.3, 0.4) is 0 Å². The van der Waals surface area contributed by atoms with Gasteiger partial charge < -0.3 is 4.79 Å². The summed E-state index contributed by atoms with van der Waals surface area (Å²) in [5.41, 5.74) is 2.10. The summed E-state index contributed by atoms with van der Waals surface area (Å²) in [5.74, 6) is 0. The van der Waals surface area contributed by atoms with Gasteiger partial charge in [-0.05, 0) is 42.8 Å². The lowest BCUT2D eigenvalue weighted by Crippen LogP contribution is -2.43. The molecule has 2 unspecified atom stereocenters. The molecular formula is C18H21NOS. The fraction of sp³-hybridized carbons (Fsp3) is 0.389. The third-order valence-corrected chi connectivity index (χ3v) is 5.63. The van der Waals surface area contributed by atoms with E-state index in [1.807, 2.05) is 36.5 Å². The van der Waals surface area contributed by atoms with Gasteiger partial charge in [-0.25, -0.2) is 0 Å². The number of carbonyl (C=O) groups is 1. The highest BCUT2D eigenvalue weighted by Gasteiger charge is 2.33. The summed E-state index contributed by atoms with van der Waals surface area (Å²) in [5, 5.41) is 2.18. The molecule has 3 heteroatoms. The van der Waals surface area contributed by atoms with E-state index in [0.29, 0.717) is 6.04 Å². The maximum Gasteiger partial charge on any atom is 0.131 e. The van der Waals surface area contributed by atoms with Gasteiger partial charge in [0.05, 0.1) is 5.41 Å². The summed E-state index contributed by atoms with van der Waals surface area (Å²) in [6.45, 7) is 6.11. The molecule has 2 atom stereocenters. The van der Waals surface area contributed by atoms with Gasteiger partial charge in [0.25, 0.3) is 0 Å². The van der Waals surface area contributed by atoms with Crippen LogP contribution in [0.4, 0.5) is 0 Å². The molecule has 0 saturated carbocycles. The molecule has 2 aromatic rings. The molecule has 0 N–H and O–H groups in total. The number of fused-ring (bicyclic) bond motifs is 1. The van der Waals surface area contributed by atoms with Crippen molar-refractivity contribution in [2.45, 2.75) is 31.7 Å². The first-order valence-electron chi connectivity index (χ1n) is 7.46. The van der Waals surface area contributed by atoms with Crippen LogP contribution >= 0.6 is 11.3 Å². The van der Waals surface area contributed by atoms with Gasteiger partial charge in [0.1, 0.15) is 6.29 Å². The Kier molecular flexibility index (Phi) is 3.96. The van der Waals surface area contributed by atoms with E-state index in [9.17, 15) is 4.79 Å². The van der Waals surface area contributed by atoms with Gasteiger partial charge in [0.2, 0.25) is 0 Å². The van der Waals surface area contributed by atoms with Gasteiger partial charge in [0.15, 0.2) is 0 Å². The highest BCUT2D eigenvalue weighted by atomic mass is 32.1. The lowest BCUT2D eigenvalue weighted by Gasteiger charge is -2.38. The van der Waals surface area contributed by atoms with Gasteiger partial charge in [-0.15, -0.1) is 11.3 Å². The molecule has 1 aliphatic heterocycles.